The molecule has 0 saturated carbocycles. The van der Waals surface area contributed by atoms with Crippen LogP contribution in [0.5, 0.6) is 11.5 Å². The van der Waals surface area contributed by atoms with Crippen molar-refractivity contribution in [1.29, 1.82) is 5.26 Å². The molecule has 0 aliphatic heterocycles. The first-order valence-corrected chi connectivity index (χ1v) is 10.5. The van der Waals surface area contributed by atoms with Crippen LogP contribution in [0.4, 0.5) is 4.39 Å². The fourth-order valence-corrected chi connectivity index (χ4v) is 3.52. The summed E-state index contributed by atoms with van der Waals surface area (Å²) in [6, 6.07) is 17.8. The summed E-state index contributed by atoms with van der Waals surface area (Å²) in [6.07, 6.45) is 1.69. The predicted octanol–water partition coefficient (Wildman–Crippen LogP) is 6.33. The zero-order valence-corrected chi connectivity index (χ0v) is 18.7. The Hall–Kier alpha value is -3.63. The molecule has 0 heterocycles. The van der Waals surface area contributed by atoms with E-state index in [9.17, 15) is 14.4 Å². The summed E-state index contributed by atoms with van der Waals surface area (Å²) in [5.74, 6) is -0.348. The van der Waals surface area contributed by atoms with Gasteiger partial charge in [0.15, 0.2) is 11.5 Å². The van der Waals surface area contributed by atoms with Crippen LogP contribution in [0.25, 0.3) is 11.6 Å². The molecule has 3 rings (SSSR count). The van der Waals surface area contributed by atoms with Crippen molar-refractivity contribution < 1.29 is 23.8 Å². The Morgan fingerprint density at radius 2 is 1.75 bits per heavy atom. The Morgan fingerprint density at radius 3 is 2.34 bits per heavy atom. The van der Waals surface area contributed by atoms with Crippen molar-refractivity contribution in [2.45, 2.75) is 13.5 Å². The number of hydrogen-bond donors (Lipinski definition) is 1. The van der Waals surface area contributed by atoms with Crippen LogP contribution in [0.15, 0.2) is 65.1 Å². The third kappa shape index (κ3) is 5.74. The Kier molecular flexibility index (Phi) is 7.63. The van der Waals surface area contributed by atoms with E-state index >= 15 is 0 Å². The SMILES string of the molecule is CCOc1cc(/C=C(/C#N)c2ccc(C(=O)O)cc2)cc(Br)c1OCc1ccc(F)cc1. The van der Waals surface area contributed by atoms with Crippen molar-refractivity contribution in [3.8, 4) is 17.6 Å². The molecule has 0 fully saturated rings. The van der Waals surface area contributed by atoms with Gasteiger partial charge in [-0.3, -0.25) is 0 Å². The first-order valence-electron chi connectivity index (χ1n) is 9.70. The van der Waals surface area contributed by atoms with Crippen molar-refractivity contribution in [3.05, 3.63) is 93.2 Å². The molecule has 1 N–H and O–H groups in total. The van der Waals surface area contributed by atoms with Crippen LogP contribution in [0.3, 0.4) is 0 Å². The number of carboxylic acids is 1. The molecule has 0 spiro atoms. The second kappa shape index (κ2) is 10.6. The lowest BCUT2D eigenvalue weighted by molar-refractivity contribution is 0.0697. The van der Waals surface area contributed by atoms with Crippen LogP contribution < -0.4 is 9.47 Å². The molecule has 0 aromatic heterocycles. The highest BCUT2D eigenvalue weighted by Gasteiger charge is 2.13. The number of carbonyl (C=O) groups is 1. The minimum Gasteiger partial charge on any atom is -0.490 e. The van der Waals surface area contributed by atoms with E-state index in [2.05, 4.69) is 22.0 Å². The Balaban J connectivity index is 1.90. The van der Waals surface area contributed by atoms with E-state index in [1.165, 1.54) is 24.3 Å². The van der Waals surface area contributed by atoms with E-state index in [1.807, 2.05) is 6.92 Å². The molecule has 0 aliphatic carbocycles. The fraction of sp³-hybridized carbons (Fsp3) is 0.120. The van der Waals surface area contributed by atoms with Gasteiger partial charge in [0, 0.05) is 0 Å². The summed E-state index contributed by atoms with van der Waals surface area (Å²) < 4.78 is 25.4. The molecular formula is C25H19BrFNO4. The van der Waals surface area contributed by atoms with Crippen LogP contribution in [0, 0.1) is 17.1 Å². The number of halogens is 2. The van der Waals surface area contributed by atoms with Gasteiger partial charge in [-0.05, 0) is 82.0 Å². The smallest absolute Gasteiger partial charge is 0.335 e. The van der Waals surface area contributed by atoms with E-state index in [0.717, 1.165) is 5.56 Å². The van der Waals surface area contributed by atoms with E-state index in [-0.39, 0.29) is 18.0 Å². The molecule has 3 aromatic carbocycles. The average Bonchev–Trinajstić information content (AvgIpc) is 2.78. The third-order valence-corrected chi connectivity index (χ3v) is 5.09. The van der Waals surface area contributed by atoms with Crippen molar-refractivity contribution >= 4 is 33.5 Å². The van der Waals surface area contributed by atoms with Crippen molar-refractivity contribution in [1.82, 2.24) is 0 Å². The van der Waals surface area contributed by atoms with Crippen molar-refractivity contribution in [3.63, 3.8) is 0 Å². The number of aromatic carboxylic acids is 1. The van der Waals surface area contributed by atoms with Gasteiger partial charge in [0.05, 0.1) is 28.3 Å². The van der Waals surface area contributed by atoms with E-state index < -0.39 is 5.97 Å². The largest absolute Gasteiger partial charge is 0.490 e. The van der Waals surface area contributed by atoms with Gasteiger partial charge in [0.2, 0.25) is 0 Å². The van der Waals surface area contributed by atoms with Crippen LogP contribution in [-0.2, 0) is 6.61 Å². The van der Waals surface area contributed by atoms with Gasteiger partial charge in [-0.15, -0.1) is 0 Å². The van der Waals surface area contributed by atoms with Gasteiger partial charge in [0.1, 0.15) is 12.4 Å². The molecule has 0 saturated heterocycles. The van der Waals surface area contributed by atoms with Gasteiger partial charge in [0.25, 0.3) is 0 Å². The third-order valence-electron chi connectivity index (χ3n) is 4.50. The lowest BCUT2D eigenvalue weighted by Gasteiger charge is -2.15. The number of hydrogen-bond acceptors (Lipinski definition) is 4. The van der Waals surface area contributed by atoms with Gasteiger partial charge >= 0.3 is 5.97 Å². The number of allylic oxidation sites excluding steroid dienone is 1. The predicted molar refractivity (Wildman–Crippen MR) is 123 cm³/mol. The number of ether oxygens (including phenoxy) is 2. The van der Waals surface area contributed by atoms with Crippen LogP contribution in [0.1, 0.15) is 34.0 Å². The molecule has 162 valence electrons. The molecule has 0 radical (unpaired) electrons. The molecule has 0 atom stereocenters. The molecule has 0 bridgehead atoms. The number of rotatable bonds is 8. The van der Waals surface area contributed by atoms with Gasteiger partial charge in [-0.1, -0.05) is 24.3 Å². The topological polar surface area (TPSA) is 79.5 Å². The van der Waals surface area contributed by atoms with Crippen LogP contribution >= 0.6 is 15.9 Å². The highest BCUT2D eigenvalue weighted by atomic mass is 79.9. The molecule has 3 aromatic rings. The fourth-order valence-electron chi connectivity index (χ4n) is 2.95. The maximum absolute atomic E-state index is 13.1. The van der Waals surface area contributed by atoms with Crippen molar-refractivity contribution in [2.75, 3.05) is 6.61 Å². The van der Waals surface area contributed by atoms with E-state index in [1.54, 1.807) is 42.5 Å². The highest BCUT2D eigenvalue weighted by Crippen LogP contribution is 2.38. The maximum Gasteiger partial charge on any atom is 0.335 e. The van der Waals surface area contributed by atoms with Gasteiger partial charge in [-0.25, -0.2) is 9.18 Å². The normalized spacial score (nSPS) is 11.0. The lowest BCUT2D eigenvalue weighted by atomic mass is 10.0. The molecule has 32 heavy (non-hydrogen) atoms. The van der Waals surface area contributed by atoms with Gasteiger partial charge < -0.3 is 14.6 Å². The average molecular weight is 496 g/mol. The quantitative estimate of drug-likeness (QED) is 0.291. The summed E-state index contributed by atoms with van der Waals surface area (Å²) in [6.45, 7) is 2.49. The summed E-state index contributed by atoms with van der Waals surface area (Å²) in [7, 11) is 0. The maximum atomic E-state index is 13.1. The number of nitriles is 1. The van der Waals surface area contributed by atoms with Crippen LogP contribution in [-0.4, -0.2) is 17.7 Å². The first kappa shape index (κ1) is 23.0. The monoisotopic (exact) mass is 495 g/mol. The molecule has 7 heteroatoms. The minimum absolute atomic E-state index is 0.148. The van der Waals surface area contributed by atoms with Gasteiger partial charge in [-0.2, -0.15) is 5.26 Å². The van der Waals surface area contributed by atoms with E-state index in [0.29, 0.717) is 39.3 Å². The molecule has 0 aliphatic rings. The number of benzene rings is 3. The standard InChI is InChI=1S/C25H19BrFNO4/c1-2-31-23-13-17(11-20(14-28)18-5-7-19(8-6-18)25(29)30)12-22(26)24(23)32-15-16-3-9-21(27)10-4-16/h3-13H,2,15H2,1H3,(H,29,30)/b20-11-. The summed E-state index contributed by atoms with van der Waals surface area (Å²) in [5, 5.41) is 18.7. The highest BCUT2D eigenvalue weighted by molar-refractivity contribution is 9.10. The summed E-state index contributed by atoms with van der Waals surface area (Å²) in [4.78, 5) is 11.0. The summed E-state index contributed by atoms with van der Waals surface area (Å²) >= 11 is 3.50. The van der Waals surface area contributed by atoms with E-state index in [4.69, 9.17) is 14.6 Å². The number of carboxylic acid groups (broad SMARTS) is 1. The molecule has 0 amide bonds. The Labute approximate surface area is 193 Å². The lowest BCUT2D eigenvalue weighted by Crippen LogP contribution is -2.01. The Morgan fingerprint density at radius 1 is 1.09 bits per heavy atom. The van der Waals surface area contributed by atoms with Crippen molar-refractivity contribution in [2.24, 2.45) is 0 Å². The zero-order valence-electron chi connectivity index (χ0n) is 17.1. The van der Waals surface area contributed by atoms with Crippen LogP contribution in [0.2, 0.25) is 0 Å². The summed E-state index contributed by atoms with van der Waals surface area (Å²) in [5.41, 5.74) is 2.63. The second-order valence-corrected chi connectivity index (χ2v) is 7.58. The second-order valence-electron chi connectivity index (χ2n) is 6.73. The Bertz CT molecular complexity index is 1180. The molecular weight excluding hydrogens is 477 g/mol. The molecule has 0 unspecified atom stereocenters. The first-order chi connectivity index (χ1) is 15.4. The zero-order chi connectivity index (χ0) is 23.1. The molecule has 5 nitrogen and oxygen atoms in total. The minimum atomic E-state index is -1.03. The number of nitrogens with zero attached hydrogens (tertiary/aromatic N) is 1.